The first-order valence-electron chi connectivity index (χ1n) is 4.60. The fourth-order valence-corrected chi connectivity index (χ4v) is 1.73. The van der Waals surface area contributed by atoms with Gasteiger partial charge in [-0.05, 0) is 18.1 Å². The van der Waals surface area contributed by atoms with Crippen LogP contribution >= 0.6 is 24.0 Å². The standard InChI is InChI=1S/C11H11ClF3N.ClH/c1-2-4-9(16)7-5-3-6-8(10(7)12)11(13,14)15;/h2-3,5-6,9H,1,4,16H2;1H/t9-;/m0./s1. The van der Waals surface area contributed by atoms with Crippen LogP contribution in [0.4, 0.5) is 13.2 Å². The van der Waals surface area contributed by atoms with Crippen molar-refractivity contribution in [2.75, 3.05) is 0 Å². The van der Waals surface area contributed by atoms with E-state index in [4.69, 9.17) is 17.3 Å². The van der Waals surface area contributed by atoms with Crippen LogP contribution in [0.2, 0.25) is 5.02 Å². The number of hydrogen-bond acceptors (Lipinski definition) is 1. The summed E-state index contributed by atoms with van der Waals surface area (Å²) < 4.78 is 37.6. The average molecular weight is 286 g/mol. The van der Waals surface area contributed by atoms with Gasteiger partial charge in [0.25, 0.3) is 0 Å². The molecule has 0 aliphatic heterocycles. The van der Waals surface area contributed by atoms with Gasteiger partial charge >= 0.3 is 6.18 Å². The molecular weight excluding hydrogens is 274 g/mol. The minimum atomic E-state index is -4.46. The van der Waals surface area contributed by atoms with Crippen molar-refractivity contribution < 1.29 is 13.2 Å². The summed E-state index contributed by atoms with van der Waals surface area (Å²) in [6.07, 6.45) is -2.54. The SMILES string of the molecule is C=CC[C@H](N)c1cccc(C(F)(F)F)c1Cl.Cl. The van der Waals surface area contributed by atoms with Crippen LogP contribution < -0.4 is 5.73 Å². The lowest BCUT2D eigenvalue weighted by Crippen LogP contribution is -2.13. The fourth-order valence-electron chi connectivity index (χ4n) is 1.36. The van der Waals surface area contributed by atoms with Gasteiger partial charge in [0.05, 0.1) is 10.6 Å². The maximum absolute atomic E-state index is 12.5. The highest BCUT2D eigenvalue weighted by Crippen LogP contribution is 2.37. The molecule has 6 heteroatoms. The molecule has 0 spiro atoms. The normalized spacial score (nSPS) is 12.8. The van der Waals surface area contributed by atoms with Crippen LogP contribution in [0.25, 0.3) is 0 Å². The lowest BCUT2D eigenvalue weighted by Gasteiger charge is -2.16. The minimum absolute atomic E-state index is 0. The fraction of sp³-hybridized carbons (Fsp3) is 0.273. The number of nitrogens with two attached hydrogens (primary N) is 1. The molecule has 0 unspecified atom stereocenters. The molecule has 1 nitrogen and oxygen atoms in total. The molecule has 2 N–H and O–H groups in total. The lowest BCUT2D eigenvalue weighted by atomic mass is 10.0. The Bertz CT molecular complexity index is 391. The monoisotopic (exact) mass is 285 g/mol. The minimum Gasteiger partial charge on any atom is -0.324 e. The zero-order chi connectivity index (χ0) is 12.3. The van der Waals surface area contributed by atoms with Gasteiger partial charge < -0.3 is 5.73 Å². The Labute approximate surface area is 109 Å². The van der Waals surface area contributed by atoms with Crippen LogP contribution in [-0.2, 0) is 6.18 Å². The summed E-state index contributed by atoms with van der Waals surface area (Å²) in [5.41, 5.74) is 5.13. The topological polar surface area (TPSA) is 26.0 Å². The van der Waals surface area contributed by atoms with Crippen LogP contribution in [0.15, 0.2) is 30.9 Å². The molecule has 1 aromatic rings. The number of hydrogen-bond donors (Lipinski definition) is 1. The molecule has 1 aromatic carbocycles. The van der Waals surface area contributed by atoms with E-state index >= 15 is 0 Å². The number of halogens is 5. The van der Waals surface area contributed by atoms with Crippen molar-refractivity contribution >= 4 is 24.0 Å². The first-order valence-corrected chi connectivity index (χ1v) is 4.97. The molecule has 0 saturated heterocycles. The Morgan fingerprint density at radius 2 is 2.00 bits per heavy atom. The molecule has 1 rings (SSSR count). The molecule has 0 bridgehead atoms. The summed E-state index contributed by atoms with van der Waals surface area (Å²) in [7, 11) is 0. The Morgan fingerprint density at radius 1 is 1.41 bits per heavy atom. The summed E-state index contributed by atoms with van der Waals surface area (Å²) in [5, 5.41) is -0.329. The number of benzene rings is 1. The van der Waals surface area contributed by atoms with Crippen molar-refractivity contribution in [2.24, 2.45) is 5.73 Å². The van der Waals surface area contributed by atoms with Gasteiger partial charge in [0.2, 0.25) is 0 Å². The second-order valence-electron chi connectivity index (χ2n) is 3.34. The van der Waals surface area contributed by atoms with Crippen molar-refractivity contribution in [1.82, 2.24) is 0 Å². The maximum atomic E-state index is 12.5. The second kappa shape index (κ2) is 6.28. The van der Waals surface area contributed by atoms with Crippen molar-refractivity contribution in [2.45, 2.75) is 18.6 Å². The van der Waals surface area contributed by atoms with E-state index in [1.54, 1.807) is 6.08 Å². The summed E-state index contributed by atoms with van der Waals surface area (Å²) in [6, 6.07) is 3.16. The van der Waals surface area contributed by atoms with Crippen LogP contribution in [0.3, 0.4) is 0 Å². The molecule has 0 saturated carbocycles. The van der Waals surface area contributed by atoms with Gasteiger partial charge in [-0.25, -0.2) is 0 Å². The number of rotatable bonds is 3. The summed E-state index contributed by atoms with van der Waals surface area (Å²) >= 11 is 5.69. The molecule has 0 heterocycles. The van der Waals surface area contributed by atoms with E-state index in [0.29, 0.717) is 6.42 Å². The van der Waals surface area contributed by atoms with Crippen LogP contribution in [-0.4, -0.2) is 0 Å². The van der Waals surface area contributed by atoms with E-state index in [-0.39, 0.29) is 23.0 Å². The van der Waals surface area contributed by atoms with Crippen molar-refractivity contribution in [3.63, 3.8) is 0 Å². The molecule has 1 atom stereocenters. The summed E-state index contributed by atoms with van der Waals surface area (Å²) in [5.74, 6) is 0. The third kappa shape index (κ3) is 3.91. The molecule has 17 heavy (non-hydrogen) atoms. The van der Waals surface area contributed by atoms with Crippen molar-refractivity contribution in [1.29, 1.82) is 0 Å². The molecule has 0 aromatic heterocycles. The van der Waals surface area contributed by atoms with Crippen molar-refractivity contribution in [3.8, 4) is 0 Å². The van der Waals surface area contributed by atoms with Crippen LogP contribution in [0.1, 0.15) is 23.6 Å². The summed E-state index contributed by atoms with van der Waals surface area (Å²) in [4.78, 5) is 0. The van der Waals surface area contributed by atoms with Crippen LogP contribution in [0, 0.1) is 0 Å². The predicted molar refractivity (Wildman–Crippen MR) is 65.4 cm³/mol. The molecule has 0 amide bonds. The Kier molecular flexibility index (Phi) is 6.02. The Morgan fingerprint density at radius 3 is 2.47 bits per heavy atom. The quantitative estimate of drug-likeness (QED) is 0.821. The molecule has 0 aliphatic carbocycles. The van der Waals surface area contributed by atoms with Gasteiger partial charge in [-0.3, -0.25) is 0 Å². The van der Waals surface area contributed by atoms with Gasteiger partial charge in [-0.15, -0.1) is 19.0 Å². The average Bonchev–Trinajstić information content (AvgIpc) is 2.16. The lowest BCUT2D eigenvalue weighted by molar-refractivity contribution is -0.137. The van der Waals surface area contributed by atoms with Crippen molar-refractivity contribution in [3.05, 3.63) is 47.0 Å². The maximum Gasteiger partial charge on any atom is 0.417 e. The second-order valence-corrected chi connectivity index (χ2v) is 3.72. The smallest absolute Gasteiger partial charge is 0.324 e. The van der Waals surface area contributed by atoms with Gasteiger partial charge in [-0.2, -0.15) is 13.2 Å². The highest BCUT2D eigenvalue weighted by Gasteiger charge is 2.34. The first-order chi connectivity index (χ1) is 7.38. The first kappa shape index (κ1) is 16.3. The van der Waals surface area contributed by atoms with E-state index < -0.39 is 17.8 Å². The molecule has 0 aliphatic rings. The third-order valence-corrected chi connectivity index (χ3v) is 2.58. The largest absolute Gasteiger partial charge is 0.417 e. The molecule has 96 valence electrons. The van der Waals surface area contributed by atoms with E-state index in [9.17, 15) is 13.2 Å². The van der Waals surface area contributed by atoms with Gasteiger partial charge in [0.15, 0.2) is 0 Å². The number of alkyl halides is 3. The van der Waals surface area contributed by atoms with Gasteiger partial charge in [0.1, 0.15) is 0 Å². The molecular formula is C11H12Cl2F3N. The zero-order valence-electron chi connectivity index (χ0n) is 8.80. The highest BCUT2D eigenvalue weighted by atomic mass is 35.5. The van der Waals surface area contributed by atoms with E-state index in [2.05, 4.69) is 6.58 Å². The highest BCUT2D eigenvalue weighted by molar-refractivity contribution is 6.32. The van der Waals surface area contributed by atoms with Gasteiger partial charge in [-0.1, -0.05) is 29.8 Å². The van der Waals surface area contributed by atoms with Crippen LogP contribution in [0.5, 0.6) is 0 Å². The Hall–Kier alpha value is -0.710. The summed E-state index contributed by atoms with van der Waals surface area (Å²) in [6.45, 7) is 3.48. The Balaban J connectivity index is 0.00000256. The zero-order valence-corrected chi connectivity index (χ0v) is 10.4. The van der Waals surface area contributed by atoms with Gasteiger partial charge in [0, 0.05) is 6.04 Å². The van der Waals surface area contributed by atoms with E-state index in [1.165, 1.54) is 12.1 Å². The third-order valence-electron chi connectivity index (χ3n) is 2.15. The predicted octanol–water partition coefficient (Wildman–Crippen LogP) is 4.36. The van der Waals surface area contributed by atoms with E-state index in [1.807, 2.05) is 0 Å². The molecule has 0 fully saturated rings. The van der Waals surface area contributed by atoms with E-state index in [0.717, 1.165) is 6.07 Å². The molecule has 0 radical (unpaired) electrons.